The normalized spacial score (nSPS) is 38.8. The molecule has 1 amide bonds. The number of carbonyl (C=O) groups excluding carboxylic acids is 1. The monoisotopic (exact) mass is 280 g/mol. The summed E-state index contributed by atoms with van der Waals surface area (Å²) < 4.78 is 5.39. The van der Waals surface area contributed by atoms with Crippen LogP contribution < -0.4 is 5.32 Å². The standard InChI is InChI=1S/C16H28N2O2/c1-10(2)14-16(19)18(12-8-13(9-12)20-3)15(17-14)11-6-4-5-7-11/h10-15,17H,4-9H2,1-3H3. The lowest BCUT2D eigenvalue weighted by atomic mass is 9.86. The first-order valence-electron chi connectivity index (χ1n) is 8.22. The number of nitrogens with zero attached hydrogens (tertiary/aromatic N) is 1. The van der Waals surface area contributed by atoms with Gasteiger partial charge < -0.3 is 9.64 Å². The zero-order chi connectivity index (χ0) is 14.3. The molecule has 1 heterocycles. The molecule has 0 aromatic carbocycles. The zero-order valence-electron chi connectivity index (χ0n) is 13.0. The van der Waals surface area contributed by atoms with Crippen molar-refractivity contribution in [1.29, 1.82) is 0 Å². The molecule has 1 N–H and O–H groups in total. The van der Waals surface area contributed by atoms with Crippen LogP contribution in [0.1, 0.15) is 52.4 Å². The summed E-state index contributed by atoms with van der Waals surface area (Å²) in [7, 11) is 1.77. The van der Waals surface area contributed by atoms with Gasteiger partial charge in [0.1, 0.15) is 0 Å². The highest BCUT2D eigenvalue weighted by Gasteiger charge is 2.49. The maximum Gasteiger partial charge on any atom is 0.241 e. The highest BCUT2D eigenvalue weighted by molar-refractivity contribution is 5.85. The molecule has 2 saturated carbocycles. The number of carbonyl (C=O) groups is 1. The lowest BCUT2D eigenvalue weighted by Gasteiger charge is -2.44. The van der Waals surface area contributed by atoms with Crippen LogP contribution in [0.4, 0.5) is 0 Å². The fraction of sp³-hybridized carbons (Fsp3) is 0.938. The summed E-state index contributed by atoms with van der Waals surface area (Å²) >= 11 is 0. The molecule has 0 aromatic rings. The van der Waals surface area contributed by atoms with Crippen molar-refractivity contribution in [1.82, 2.24) is 10.2 Å². The molecular formula is C16H28N2O2. The predicted octanol–water partition coefficient (Wildman–Crippen LogP) is 2.14. The van der Waals surface area contributed by atoms with E-state index in [0.29, 0.717) is 29.9 Å². The molecule has 20 heavy (non-hydrogen) atoms. The summed E-state index contributed by atoms with van der Waals surface area (Å²) in [5.41, 5.74) is 0. The minimum atomic E-state index is 0.0159. The second-order valence-corrected chi connectivity index (χ2v) is 7.11. The Hall–Kier alpha value is -0.610. The van der Waals surface area contributed by atoms with Gasteiger partial charge >= 0.3 is 0 Å². The van der Waals surface area contributed by atoms with E-state index in [0.717, 1.165) is 12.8 Å². The Balaban J connectivity index is 1.74. The fourth-order valence-corrected chi connectivity index (χ4v) is 4.11. The predicted molar refractivity (Wildman–Crippen MR) is 78.2 cm³/mol. The van der Waals surface area contributed by atoms with E-state index in [1.807, 2.05) is 0 Å². The summed E-state index contributed by atoms with van der Waals surface area (Å²) in [4.78, 5) is 15.0. The Morgan fingerprint density at radius 2 is 1.90 bits per heavy atom. The molecule has 3 aliphatic rings. The van der Waals surface area contributed by atoms with Gasteiger partial charge in [0, 0.05) is 13.2 Å². The largest absolute Gasteiger partial charge is 0.381 e. The maximum atomic E-state index is 12.8. The second kappa shape index (κ2) is 5.64. The van der Waals surface area contributed by atoms with Crippen molar-refractivity contribution in [3.8, 4) is 0 Å². The number of methoxy groups -OCH3 is 1. The molecular weight excluding hydrogens is 252 g/mol. The van der Waals surface area contributed by atoms with Crippen LogP contribution in [0.5, 0.6) is 0 Å². The quantitative estimate of drug-likeness (QED) is 0.858. The number of hydrogen-bond donors (Lipinski definition) is 1. The number of nitrogens with one attached hydrogen (secondary N) is 1. The lowest BCUT2D eigenvalue weighted by Crippen LogP contribution is -2.54. The minimum Gasteiger partial charge on any atom is -0.381 e. The van der Waals surface area contributed by atoms with Crippen molar-refractivity contribution < 1.29 is 9.53 Å². The molecule has 2 aliphatic carbocycles. The molecule has 4 heteroatoms. The summed E-state index contributed by atoms with van der Waals surface area (Å²) in [5, 5.41) is 3.65. The third-order valence-corrected chi connectivity index (χ3v) is 5.48. The van der Waals surface area contributed by atoms with E-state index in [-0.39, 0.29) is 12.2 Å². The van der Waals surface area contributed by atoms with Crippen LogP contribution in [-0.4, -0.2) is 42.3 Å². The molecule has 114 valence electrons. The molecule has 1 saturated heterocycles. The van der Waals surface area contributed by atoms with Crippen LogP contribution in [-0.2, 0) is 9.53 Å². The van der Waals surface area contributed by atoms with E-state index < -0.39 is 0 Å². The van der Waals surface area contributed by atoms with Gasteiger partial charge in [0.15, 0.2) is 0 Å². The van der Waals surface area contributed by atoms with E-state index in [1.165, 1.54) is 25.7 Å². The summed E-state index contributed by atoms with van der Waals surface area (Å²) in [6.45, 7) is 4.28. The van der Waals surface area contributed by atoms with Gasteiger partial charge in [-0.2, -0.15) is 0 Å². The summed E-state index contributed by atoms with van der Waals surface area (Å²) in [5.74, 6) is 1.36. The number of hydrogen-bond acceptors (Lipinski definition) is 3. The third-order valence-electron chi connectivity index (χ3n) is 5.48. The topological polar surface area (TPSA) is 41.6 Å². The molecule has 2 atom stereocenters. The first kappa shape index (κ1) is 14.3. The second-order valence-electron chi connectivity index (χ2n) is 7.11. The number of amides is 1. The minimum absolute atomic E-state index is 0.0159. The van der Waals surface area contributed by atoms with Gasteiger partial charge in [-0.15, -0.1) is 0 Å². The highest BCUT2D eigenvalue weighted by Crippen LogP contribution is 2.38. The van der Waals surface area contributed by atoms with Gasteiger partial charge in [-0.25, -0.2) is 0 Å². The van der Waals surface area contributed by atoms with Crippen molar-refractivity contribution in [3.63, 3.8) is 0 Å². The zero-order valence-corrected chi connectivity index (χ0v) is 13.0. The summed E-state index contributed by atoms with van der Waals surface area (Å²) in [6.07, 6.45) is 7.84. The van der Waals surface area contributed by atoms with Gasteiger partial charge in [0.25, 0.3) is 0 Å². The van der Waals surface area contributed by atoms with Gasteiger partial charge in [0.05, 0.1) is 18.3 Å². The molecule has 3 fully saturated rings. The smallest absolute Gasteiger partial charge is 0.241 e. The Labute approximate surface area is 122 Å². The average Bonchev–Trinajstić information content (AvgIpc) is 2.97. The van der Waals surface area contributed by atoms with Crippen LogP contribution in [0.3, 0.4) is 0 Å². The van der Waals surface area contributed by atoms with Crippen molar-refractivity contribution in [2.75, 3.05) is 7.11 Å². The number of ether oxygens (including phenoxy) is 1. The maximum absolute atomic E-state index is 12.8. The van der Waals surface area contributed by atoms with Gasteiger partial charge in [-0.3, -0.25) is 10.1 Å². The Morgan fingerprint density at radius 1 is 1.25 bits per heavy atom. The van der Waals surface area contributed by atoms with Gasteiger partial charge in [0.2, 0.25) is 5.91 Å². The van der Waals surface area contributed by atoms with Crippen molar-refractivity contribution in [2.24, 2.45) is 11.8 Å². The molecule has 0 aromatic heterocycles. The molecule has 2 unspecified atom stereocenters. The van der Waals surface area contributed by atoms with Crippen molar-refractivity contribution in [3.05, 3.63) is 0 Å². The van der Waals surface area contributed by atoms with Gasteiger partial charge in [-0.05, 0) is 37.5 Å². The third kappa shape index (κ3) is 2.37. The Bertz CT molecular complexity index is 359. The number of rotatable bonds is 4. The molecule has 3 rings (SSSR count). The Morgan fingerprint density at radius 3 is 2.45 bits per heavy atom. The SMILES string of the molecule is COC1CC(N2C(=O)C(C(C)C)NC2C2CCCC2)C1. The lowest BCUT2D eigenvalue weighted by molar-refractivity contribution is -0.139. The first-order chi connectivity index (χ1) is 9.61. The van der Waals surface area contributed by atoms with E-state index in [4.69, 9.17) is 4.74 Å². The van der Waals surface area contributed by atoms with Crippen molar-refractivity contribution >= 4 is 5.91 Å². The van der Waals surface area contributed by atoms with Crippen LogP contribution in [0.15, 0.2) is 0 Å². The highest BCUT2D eigenvalue weighted by atomic mass is 16.5. The van der Waals surface area contributed by atoms with E-state index in [1.54, 1.807) is 7.11 Å². The van der Waals surface area contributed by atoms with E-state index in [2.05, 4.69) is 24.1 Å². The molecule has 0 radical (unpaired) electrons. The van der Waals surface area contributed by atoms with Crippen LogP contribution in [0, 0.1) is 11.8 Å². The van der Waals surface area contributed by atoms with Crippen LogP contribution >= 0.6 is 0 Å². The van der Waals surface area contributed by atoms with Crippen LogP contribution in [0.25, 0.3) is 0 Å². The van der Waals surface area contributed by atoms with E-state index >= 15 is 0 Å². The Kier molecular flexibility index (Phi) is 4.04. The van der Waals surface area contributed by atoms with Gasteiger partial charge in [-0.1, -0.05) is 26.7 Å². The average molecular weight is 280 g/mol. The van der Waals surface area contributed by atoms with Crippen LogP contribution in [0.2, 0.25) is 0 Å². The fourth-order valence-electron chi connectivity index (χ4n) is 4.11. The molecule has 1 aliphatic heterocycles. The van der Waals surface area contributed by atoms with Crippen molar-refractivity contribution in [2.45, 2.75) is 76.7 Å². The molecule has 4 nitrogen and oxygen atoms in total. The first-order valence-corrected chi connectivity index (χ1v) is 8.22. The summed E-state index contributed by atoms with van der Waals surface area (Å²) in [6, 6.07) is 0.413. The molecule has 0 spiro atoms. The molecule has 0 bridgehead atoms. The van der Waals surface area contributed by atoms with E-state index in [9.17, 15) is 4.79 Å².